The molecular formula is C13H16ClN5O. The first-order valence-electron chi connectivity index (χ1n) is 6.30. The second-order valence-corrected chi connectivity index (χ2v) is 4.46. The topological polar surface area (TPSA) is 73.9 Å². The molecule has 6 nitrogen and oxygen atoms in total. The third-order valence-electron chi connectivity index (χ3n) is 3.20. The van der Waals surface area contributed by atoms with Crippen LogP contribution in [-0.2, 0) is 0 Å². The van der Waals surface area contributed by atoms with Crippen molar-refractivity contribution < 1.29 is 4.79 Å². The van der Waals surface area contributed by atoms with Crippen LogP contribution in [0.15, 0.2) is 30.6 Å². The Morgan fingerprint density at radius 1 is 1.25 bits per heavy atom. The number of nitrogens with one attached hydrogen (secondary N) is 2. The van der Waals surface area contributed by atoms with Crippen LogP contribution >= 0.6 is 12.4 Å². The second-order valence-electron chi connectivity index (χ2n) is 4.46. The number of benzene rings is 1. The third kappa shape index (κ3) is 2.97. The Hall–Kier alpha value is -1.92. The highest BCUT2D eigenvalue weighted by Crippen LogP contribution is 2.16. The van der Waals surface area contributed by atoms with Gasteiger partial charge in [0.05, 0.1) is 0 Å². The molecule has 1 amide bonds. The lowest BCUT2D eigenvalue weighted by atomic mass is 10.1. The van der Waals surface area contributed by atoms with Crippen molar-refractivity contribution in [2.75, 3.05) is 26.2 Å². The molecule has 1 saturated heterocycles. The number of nitrogens with zero attached hydrogens (tertiary/aromatic N) is 3. The van der Waals surface area contributed by atoms with Crippen LogP contribution in [0.25, 0.3) is 11.4 Å². The van der Waals surface area contributed by atoms with E-state index in [4.69, 9.17) is 0 Å². The smallest absolute Gasteiger partial charge is 0.253 e. The lowest BCUT2D eigenvalue weighted by molar-refractivity contribution is 0.0736. The quantitative estimate of drug-likeness (QED) is 0.864. The molecule has 1 aliphatic heterocycles. The minimum absolute atomic E-state index is 0. The molecule has 0 aliphatic carbocycles. The Labute approximate surface area is 123 Å². The van der Waals surface area contributed by atoms with Crippen LogP contribution in [-0.4, -0.2) is 52.2 Å². The Balaban J connectivity index is 0.00000147. The van der Waals surface area contributed by atoms with Gasteiger partial charge in [0.15, 0.2) is 5.82 Å². The van der Waals surface area contributed by atoms with E-state index in [-0.39, 0.29) is 18.3 Å². The first kappa shape index (κ1) is 14.5. The normalized spacial score (nSPS) is 14.7. The Bertz CT molecular complexity index is 566. The van der Waals surface area contributed by atoms with Crippen LogP contribution in [0.3, 0.4) is 0 Å². The number of carbonyl (C=O) groups excluding carboxylic acids is 1. The van der Waals surface area contributed by atoms with E-state index in [1.165, 1.54) is 6.33 Å². The summed E-state index contributed by atoms with van der Waals surface area (Å²) in [6.45, 7) is 3.22. The lowest BCUT2D eigenvalue weighted by Crippen LogP contribution is -2.46. The van der Waals surface area contributed by atoms with Crippen LogP contribution in [0, 0.1) is 0 Å². The SMILES string of the molecule is Cl.O=C(c1cccc(-c2ncn[nH]2)c1)N1CCNCC1. The van der Waals surface area contributed by atoms with Gasteiger partial charge in [0.25, 0.3) is 5.91 Å². The number of halogens is 1. The Morgan fingerprint density at radius 3 is 2.75 bits per heavy atom. The monoisotopic (exact) mass is 293 g/mol. The summed E-state index contributed by atoms with van der Waals surface area (Å²) in [5.74, 6) is 0.748. The zero-order valence-electron chi connectivity index (χ0n) is 10.9. The number of aromatic amines is 1. The zero-order chi connectivity index (χ0) is 13.1. The summed E-state index contributed by atoms with van der Waals surface area (Å²) in [5, 5.41) is 9.86. The average Bonchev–Trinajstić information content (AvgIpc) is 3.02. The number of rotatable bonds is 2. The first-order valence-corrected chi connectivity index (χ1v) is 6.30. The summed E-state index contributed by atoms with van der Waals surface area (Å²) in [5.41, 5.74) is 1.56. The molecule has 0 spiro atoms. The summed E-state index contributed by atoms with van der Waals surface area (Å²) in [7, 11) is 0. The number of hydrogen-bond acceptors (Lipinski definition) is 4. The fraction of sp³-hybridized carbons (Fsp3) is 0.308. The van der Waals surface area contributed by atoms with Gasteiger partial charge in [0, 0.05) is 37.3 Å². The molecule has 2 heterocycles. The molecular weight excluding hydrogens is 278 g/mol. The van der Waals surface area contributed by atoms with E-state index in [1.807, 2.05) is 29.2 Å². The molecule has 7 heteroatoms. The van der Waals surface area contributed by atoms with Crippen molar-refractivity contribution in [2.45, 2.75) is 0 Å². The minimum Gasteiger partial charge on any atom is -0.336 e. The van der Waals surface area contributed by atoms with Crippen molar-refractivity contribution in [3.05, 3.63) is 36.2 Å². The van der Waals surface area contributed by atoms with E-state index in [2.05, 4.69) is 20.5 Å². The molecule has 0 unspecified atom stereocenters. The Morgan fingerprint density at radius 2 is 2.05 bits per heavy atom. The summed E-state index contributed by atoms with van der Waals surface area (Å²) < 4.78 is 0. The van der Waals surface area contributed by atoms with Gasteiger partial charge in [-0.25, -0.2) is 4.98 Å². The maximum atomic E-state index is 12.4. The molecule has 2 aromatic rings. The molecule has 1 aromatic heterocycles. The summed E-state index contributed by atoms with van der Waals surface area (Å²) in [6.07, 6.45) is 1.46. The molecule has 0 saturated carbocycles. The maximum absolute atomic E-state index is 12.4. The average molecular weight is 294 g/mol. The van der Waals surface area contributed by atoms with Crippen molar-refractivity contribution in [3.8, 4) is 11.4 Å². The maximum Gasteiger partial charge on any atom is 0.253 e. The predicted molar refractivity (Wildman–Crippen MR) is 77.8 cm³/mol. The number of carbonyl (C=O) groups is 1. The molecule has 3 rings (SSSR count). The third-order valence-corrected chi connectivity index (χ3v) is 3.20. The molecule has 20 heavy (non-hydrogen) atoms. The van der Waals surface area contributed by atoms with Gasteiger partial charge >= 0.3 is 0 Å². The van der Waals surface area contributed by atoms with Crippen LogP contribution in [0.5, 0.6) is 0 Å². The van der Waals surface area contributed by atoms with Crippen LogP contribution in [0.1, 0.15) is 10.4 Å². The highest BCUT2D eigenvalue weighted by Gasteiger charge is 2.18. The largest absolute Gasteiger partial charge is 0.336 e. The van der Waals surface area contributed by atoms with Gasteiger partial charge in [-0.3, -0.25) is 9.89 Å². The van der Waals surface area contributed by atoms with E-state index in [0.29, 0.717) is 11.4 Å². The highest BCUT2D eigenvalue weighted by molar-refractivity contribution is 5.95. The molecule has 0 bridgehead atoms. The van der Waals surface area contributed by atoms with Crippen molar-refractivity contribution in [1.82, 2.24) is 25.4 Å². The highest BCUT2D eigenvalue weighted by atomic mass is 35.5. The molecule has 1 aliphatic rings. The van der Waals surface area contributed by atoms with Crippen LogP contribution < -0.4 is 5.32 Å². The van der Waals surface area contributed by atoms with Gasteiger partial charge in [-0.1, -0.05) is 12.1 Å². The Kier molecular flexibility index (Phi) is 4.70. The van der Waals surface area contributed by atoms with Crippen molar-refractivity contribution in [2.24, 2.45) is 0 Å². The molecule has 0 atom stereocenters. The predicted octanol–water partition coefficient (Wildman–Crippen LogP) is 0.939. The van der Waals surface area contributed by atoms with Gasteiger partial charge in [0.2, 0.25) is 0 Å². The lowest BCUT2D eigenvalue weighted by Gasteiger charge is -2.27. The second kappa shape index (κ2) is 6.49. The van der Waals surface area contributed by atoms with Crippen molar-refractivity contribution >= 4 is 18.3 Å². The van der Waals surface area contributed by atoms with E-state index >= 15 is 0 Å². The van der Waals surface area contributed by atoms with Gasteiger partial charge in [-0.15, -0.1) is 12.4 Å². The summed E-state index contributed by atoms with van der Waals surface area (Å²) >= 11 is 0. The number of piperazine rings is 1. The number of amides is 1. The van der Waals surface area contributed by atoms with Gasteiger partial charge in [-0.05, 0) is 12.1 Å². The number of H-pyrrole nitrogens is 1. The van der Waals surface area contributed by atoms with Gasteiger partial charge in [-0.2, -0.15) is 5.10 Å². The van der Waals surface area contributed by atoms with E-state index < -0.39 is 0 Å². The van der Waals surface area contributed by atoms with E-state index in [9.17, 15) is 4.79 Å². The van der Waals surface area contributed by atoms with Crippen LogP contribution in [0.4, 0.5) is 0 Å². The minimum atomic E-state index is 0. The zero-order valence-corrected chi connectivity index (χ0v) is 11.7. The van der Waals surface area contributed by atoms with Crippen molar-refractivity contribution in [1.29, 1.82) is 0 Å². The molecule has 1 aromatic carbocycles. The van der Waals surface area contributed by atoms with E-state index in [1.54, 1.807) is 0 Å². The van der Waals surface area contributed by atoms with Gasteiger partial charge < -0.3 is 10.2 Å². The van der Waals surface area contributed by atoms with Crippen molar-refractivity contribution in [3.63, 3.8) is 0 Å². The fourth-order valence-corrected chi connectivity index (χ4v) is 2.19. The number of hydrogen-bond donors (Lipinski definition) is 2. The molecule has 1 fully saturated rings. The fourth-order valence-electron chi connectivity index (χ4n) is 2.19. The molecule has 106 valence electrons. The van der Waals surface area contributed by atoms with Crippen LogP contribution in [0.2, 0.25) is 0 Å². The molecule has 2 N–H and O–H groups in total. The summed E-state index contributed by atoms with van der Waals surface area (Å²) in [6, 6.07) is 7.47. The number of aromatic nitrogens is 3. The molecule has 0 radical (unpaired) electrons. The first-order chi connectivity index (χ1) is 9.34. The van der Waals surface area contributed by atoms with E-state index in [0.717, 1.165) is 31.7 Å². The summed E-state index contributed by atoms with van der Waals surface area (Å²) in [4.78, 5) is 18.3. The standard InChI is InChI=1S/C13H15N5O.ClH/c19-13(18-6-4-14-5-7-18)11-3-1-2-10(8-11)12-15-9-16-17-12;/h1-3,8-9,14H,4-7H2,(H,15,16,17);1H. The van der Waals surface area contributed by atoms with Gasteiger partial charge in [0.1, 0.15) is 6.33 Å².